The van der Waals surface area contributed by atoms with Gasteiger partial charge in [0.05, 0.1) is 0 Å². The Morgan fingerprint density at radius 3 is 0.647 bits per heavy atom. The summed E-state index contributed by atoms with van der Waals surface area (Å²) < 4.78 is 0. The van der Waals surface area contributed by atoms with Crippen molar-refractivity contribution in [1.82, 2.24) is 0 Å². The van der Waals surface area contributed by atoms with Crippen LogP contribution in [-0.4, -0.2) is 8.07 Å². The molecule has 0 saturated heterocycles. The normalized spacial score (nSPS) is 11.1. The Labute approximate surface area is 302 Å². The second-order valence-corrected chi connectivity index (χ2v) is 16.4. The van der Waals surface area contributed by atoms with Gasteiger partial charge in [0.2, 0.25) is 0 Å². The highest BCUT2D eigenvalue weighted by atomic mass is 28.3. The molecule has 0 saturated carbocycles. The summed E-state index contributed by atoms with van der Waals surface area (Å²) >= 11 is 0. The Morgan fingerprint density at radius 2 is 0.392 bits per heavy atom. The minimum absolute atomic E-state index is 1.12. The number of benzene rings is 8. The van der Waals surface area contributed by atoms with Crippen molar-refractivity contribution < 1.29 is 0 Å². The highest BCUT2D eigenvalue weighted by molar-refractivity contribution is 7.19. The number of para-hydroxylation sites is 4. The number of anilines is 6. The minimum Gasteiger partial charge on any atom is -0.311 e. The number of hydrogen-bond acceptors (Lipinski definition) is 2. The molecule has 8 rings (SSSR count). The van der Waals surface area contributed by atoms with Gasteiger partial charge >= 0.3 is 0 Å². The Hall–Kier alpha value is -6.42. The van der Waals surface area contributed by atoms with Crippen molar-refractivity contribution >= 4 is 62.9 Å². The van der Waals surface area contributed by atoms with Crippen LogP contribution < -0.4 is 30.5 Å². The molecule has 8 aromatic rings. The molecule has 0 aliphatic carbocycles. The summed E-state index contributed by atoms with van der Waals surface area (Å²) in [7, 11) is -2.77. The van der Waals surface area contributed by atoms with Crippen LogP contribution in [0.3, 0.4) is 0 Å². The zero-order valence-electron chi connectivity index (χ0n) is 28.3. The third kappa shape index (κ3) is 6.27. The van der Waals surface area contributed by atoms with Gasteiger partial charge in [-0.2, -0.15) is 0 Å². The SMILES string of the molecule is c1ccc(N(c2ccccc2)c2ccc([Si](c3ccccc3)(c3ccccc3)c3ccc(N(c4ccccc4)c4ccccc4)cc3)cc2)cc1. The average Bonchev–Trinajstić information content (AvgIpc) is 3.22. The van der Waals surface area contributed by atoms with Crippen LogP contribution in [-0.2, 0) is 0 Å². The first-order valence-corrected chi connectivity index (χ1v) is 19.4. The third-order valence-corrected chi connectivity index (χ3v) is 14.4. The first-order valence-electron chi connectivity index (χ1n) is 17.4. The number of rotatable bonds is 10. The van der Waals surface area contributed by atoms with E-state index in [1.807, 2.05) is 0 Å². The molecule has 0 aliphatic heterocycles. The van der Waals surface area contributed by atoms with Crippen LogP contribution in [0.5, 0.6) is 0 Å². The van der Waals surface area contributed by atoms with Gasteiger partial charge in [0.1, 0.15) is 0 Å². The molecule has 51 heavy (non-hydrogen) atoms. The van der Waals surface area contributed by atoms with Gasteiger partial charge in [-0.05, 0) is 93.5 Å². The van der Waals surface area contributed by atoms with E-state index in [9.17, 15) is 0 Å². The monoisotopic (exact) mass is 670 g/mol. The van der Waals surface area contributed by atoms with E-state index in [2.05, 4.69) is 240 Å². The number of nitrogens with zero attached hydrogens (tertiary/aromatic N) is 2. The molecule has 244 valence electrons. The summed E-state index contributed by atoms with van der Waals surface area (Å²) in [5.74, 6) is 0. The smallest absolute Gasteiger partial charge is 0.179 e. The highest BCUT2D eigenvalue weighted by Crippen LogP contribution is 2.35. The molecule has 0 amide bonds. The van der Waals surface area contributed by atoms with Gasteiger partial charge in [-0.1, -0.05) is 158 Å². The molecule has 0 aliphatic rings. The second kappa shape index (κ2) is 14.6. The summed E-state index contributed by atoms with van der Waals surface area (Å²) in [5.41, 5.74) is 6.76. The Morgan fingerprint density at radius 1 is 0.196 bits per heavy atom. The molecule has 0 aromatic heterocycles. The molecule has 0 spiro atoms. The van der Waals surface area contributed by atoms with Gasteiger partial charge in [-0.15, -0.1) is 0 Å². The summed E-state index contributed by atoms with van der Waals surface area (Å²) in [5, 5.41) is 5.37. The van der Waals surface area contributed by atoms with Gasteiger partial charge in [0, 0.05) is 34.1 Å². The molecule has 0 unspecified atom stereocenters. The van der Waals surface area contributed by atoms with Crippen molar-refractivity contribution in [1.29, 1.82) is 0 Å². The molecule has 0 radical (unpaired) electrons. The molecular formula is C48H38N2Si. The predicted octanol–water partition coefficient (Wildman–Crippen LogP) is 10.0. The Kier molecular flexibility index (Phi) is 9.10. The van der Waals surface area contributed by atoms with E-state index in [1.165, 1.54) is 20.7 Å². The maximum atomic E-state index is 2.37. The predicted molar refractivity (Wildman–Crippen MR) is 219 cm³/mol. The van der Waals surface area contributed by atoms with Crippen LogP contribution in [0.25, 0.3) is 0 Å². The second-order valence-electron chi connectivity index (χ2n) is 12.6. The van der Waals surface area contributed by atoms with Crippen molar-refractivity contribution in [2.45, 2.75) is 0 Å². The Balaban J connectivity index is 1.30. The molecule has 0 heterocycles. The quantitative estimate of drug-likeness (QED) is 0.106. The molecule has 3 heteroatoms. The maximum Gasteiger partial charge on any atom is 0.179 e. The lowest BCUT2D eigenvalue weighted by Crippen LogP contribution is -2.74. The van der Waals surface area contributed by atoms with Gasteiger partial charge in [-0.25, -0.2) is 0 Å². The zero-order valence-corrected chi connectivity index (χ0v) is 29.3. The molecule has 0 bridgehead atoms. The fourth-order valence-electron chi connectivity index (χ4n) is 7.30. The lowest BCUT2D eigenvalue weighted by Gasteiger charge is -2.35. The van der Waals surface area contributed by atoms with Crippen molar-refractivity contribution in [3.63, 3.8) is 0 Å². The van der Waals surface area contributed by atoms with Gasteiger partial charge in [-0.3, -0.25) is 0 Å². The van der Waals surface area contributed by atoms with Crippen LogP contribution >= 0.6 is 0 Å². The minimum atomic E-state index is -2.77. The van der Waals surface area contributed by atoms with E-state index in [0.29, 0.717) is 0 Å². The van der Waals surface area contributed by atoms with Gasteiger partial charge in [0.25, 0.3) is 0 Å². The molecule has 2 nitrogen and oxygen atoms in total. The van der Waals surface area contributed by atoms with E-state index in [4.69, 9.17) is 0 Å². The van der Waals surface area contributed by atoms with E-state index in [1.54, 1.807) is 0 Å². The largest absolute Gasteiger partial charge is 0.311 e. The van der Waals surface area contributed by atoms with Gasteiger partial charge < -0.3 is 9.80 Å². The van der Waals surface area contributed by atoms with Crippen molar-refractivity contribution in [2.24, 2.45) is 0 Å². The van der Waals surface area contributed by atoms with Crippen LogP contribution in [0, 0.1) is 0 Å². The van der Waals surface area contributed by atoms with E-state index < -0.39 is 8.07 Å². The van der Waals surface area contributed by atoms with Crippen molar-refractivity contribution in [3.8, 4) is 0 Å². The summed E-state index contributed by atoms with van der Waals surface area (Å²) in [4.78, 5) is 4.66. The molecule has 0 atom stereocenters. The highest BCUT2D eigenvalue weighted by Gasteiger charge is 2.41. The summed E-state index contributed by atoms with van der Waals surface area (Å²) in [6, 6.07) is 83.4. The third-order valence-electron chi connectivity index (χ3n) is 9.59. The fraction of sp³-hybridized carbons (Fsp3) is 0. The average molecular weight is 671 g/mol. The van der Waals surface area contributed by atoms with Crippen molar-refractivity contribution in [3.05, 3.63) is 231 Å². The van der Waals surface area contributed by atoms with Gasteiger partial charge in [0.15, 0.2) is 8.07 Å². The van der Waals surface area contributed by atoms with Crippen molar-refractivity contribution in [2.75, 3.05) is 9.80 Å². The van der Waals surface area contributed by atoms with E-state index in [-0.39, 0.29) is 0 Å². The molecule has 0 fully saturated rings. The standard InChI is InChI=1S/C48H38N2Si/c1-7-19-39(20-8-1)49(40-21-9-2-10-22-40)43-31-35-47(36-32-43)51(45-27-15-5-16-28-45,46-29-17-6-18-30-46)48-37-33-44(34-38-48)50(41-23-11-3-12-24-41)42-25-13-4-14-26-42/h1-38H. The lowest BCUT2D eigenvalue weighted by atomic mass is 10.2. The van der Waals surface area contributed by atoms with E-state index >= 15 is 0 Å². The topological polar surface area (TPSA) is 6.48 Å². The van der Waals surface area contributed by atoms with Crippen LogP contribution in [0.1, 0.15) is 0 Å². The maximum absolute atomic E-state index is 2.77. The zero-order chi connectivity index (χ0) is 34.3. The first kappa shape index (κ1) is 31.8. The van der Waals surface area contributed by atoms with Crippen LogP contribution in [0.4, 0.5) is 34.1 Å². The summed E-state index contributed by atoms with van der Waals surface area (Å²) in [6.07, 6.45) is 0. The summed E-state index contributed by atoms with van der Waals surface area (Å²) in [6.45, 7) is 0. The van der Waals surface area contributed by atoms with Crippen LogP contribution in [0.15, 0.2) is 231 Å². The molecule has 8 aromatic carbocycles. The first-order chi connectivity index (χ1) is 25.3. The lowest BCUT2D eigenvalue weighted by molar-refractivity contribution is 1.28. The van der Waals surface area contributed by atoms with Crippen LogP contribution in [0.2, 0.25) is 0 Å². The molecule has 0 N–H and O–H groups in total. The van der Waals surface area contributed by atoms with E-state index in [0.717, 1.165) is 34.1 Å². The molecular weight excluding hydrogens is 633 g/mol. The Bertz CT molecular complexity index is 2020. The fourth-order valence-corrected chi connectivity index (χ4v) is 12.0. The number of hydrogen-bond donors (Lipinski definition) is 0.